The Balaban J connectivity index is 1.49. The number of ether oxygens (including phenoxy) is 2. The maximum absolute atomic E-state index is 11.9. The number of hydrogen-bond acceptors (Lipinski definition) is 3. The summed E-state index contributed by atoms with van der Waals surface area (Å²) in [5.41, 5.74) is 1.78. The average Bonchev–Trinajstić information content (AvgIpc) is 3.19. The van der Waals surface area contributed by atoms with Gasteiger partial charge < -0.3 is 9.47 Å². The zero-order valence-corrected chi connectivity index (χ0v) is 16.4. The molecule has 0 unspecified atom stereocenters. The smallest absolute Gasteiger partial charge is 0.169 e. The standard InChI is InChI=1S/C23H32O3/c1-21-10-8-16(24)14-15(21)4-5-17-18-6-7-20(23(3)25-12-13-26-23)22(18,2)11-9-19(17)21/h4-5,14,17-20H,6-13H2,1-3H3/t17-,18-,19-,20-,21-,22-/m0/s1. The van der Waals surface area contributed by atoms with E-state index in [9.17, 15) is 4.79 Å². The van der Waals surface area contributed by atoms with E-state index in [0.29, 0.717) is 34.9 Å². The van der Waals surface area contributed by atoms with E-state index in [-0.39, 0.29) is 11.2 Å². The molecule has 0 aromatic rings. The Morgan fingerprint density at radius 2 is 1.77 bits per heavy atom. The molecule has 0 N–H and O–H groups in total. The quantitative estimate of drug-likeness (QED) is 0.685. The Kier molecular flexibility index (Phi) is 3.66. The van der Waals surface area contributed by atoms with Crippen LogP contribution in [0.2, 0.25) is 0 Å². The van der Waals surface area contributed by atoms with Gasteiger partial charge in [0.25, 0.3) is 0 Å². The number of allylic oxidation sites excluding steroid dienone is 4. The normalized spacial score (nSPS) is 49.3. The van der Waals surface area contributed by atoms with Crippen molar-refractivity contribution in [2.24, 2.45) is 34.5 Å². The van der Waals surface area contributed by atoms with Crippen LogP contribution in [0.15, 0.2) is 23.8 Å². The second-order valence-corrected chi connectivity index (χ2v) is 10.0. The lowest BCUT2D eigenvalue weighted by molar-refractivity contribution is -0.212. The van der Waals surface area contributed by atoms with Crippen molar-refractivity contribution in [3.8, 4) is 0 Å². The van der Waals surface area contributed by atoms with Crippen LogP contribution in [0.3, 0.4) is 0 Å². The highest BCUT2D eigenvalue weighted by Crippen LogP contribution is 2.67. The molecule has 26 heavy (non-hydrogen) atoms. The molecule has 5 aliphatic rings. The molecule has 0 aromatic heterocycles. The van der Waals surface area contributed by atoms with Crippen molar-refractivity contribution in [1.82, 2.24) is 0 Å². The van der Waals surface area contributed by atoms with Crippen molar-refractivity contribution < 1.29 is 14.3 Å². The zero-order chi connectivity index (χ0) is 18.2. The Hall–Kier alpha value is -0.930. The first-order valence-electron chi connectivity index (χ1n) is 10.6. The highest BCUT2D eigenvalue weighted by atomic mass is 16.7. The number of carbonyl (C=O) groups excluding carboxylic acids is 1. The summed E-state index contributed by atoms with van der Waals surface area (Å²) in [5, 5.41) is 0. The van der Waals surface area contributed by atoms with E-state index in [1.54, 1.807) is 0 Å². The molecule has 0 aromatic carbocycles. The van der Waals surface area contributed by atoms with Gasteiger partial charge in [0.15, 0.2) is 11.6 Å². The van der Waals surface area contributed by atoms with E-state index in [4.69, 9.17) is 9.47 Å². The van der Waals surface area contributed by atoms with Crippen molar-refractivity contribution in [3.05, 3.63) is 23.8 Å². The third-order valence-corrected chi connectivity index (χ3v) is 9.01. The lowest BCUT2D eigenvalue weighted by Gasteiger charge is -2.57. The van der Waals surface area contributed by atoms with E-state index in [2.05, 4.69) is 32.9 Å². The summed E-state index contributed by atoms with van der Waals surface area (Å²) in [6.07, 6.45) is 13.5. The predicted molar refractivity (Wildman–Crippen MR) is 100 cm³/mol. The van der Waals surface area contributed by atoms with E-state index >= 15 is 0 Å². The van der Waals surface area contributed by atoms with Crippen LogP contribution in [0.5, 0.6) is 0 Å². The summed E-state index contributed by atoms with van der Waals surface area (Å²) in [6.45, 7) is 8.58. The van der Waals surface area contributed by atoms with Crippen LogP contribution in [-0.2, 0) is 14.3 Å². The van der Waals surface area contributed by atoms with Crippen molar-refractivity contribution in [2.45, 2.75) is 65.1 Å². The molecule has 5 rings (SSSR count). The highest BCUT2D eigenvalue weighted by Gasteiger charge is 2.62. The van der Waals surface area contributed by atoms with Gasteiger partial charge in [0.05, 0.1) is 13.2 Å². The molecule has 142 valence electrons. The average molecular weight is 357 g/mol. The third kappa shape index (κ3) is 2.16. The van der Waals surface area contributed by atoms with Gasteiger partial charge in [-0.1, -0.05) is 26.0 Å². The minimum absolute atomic E-state index is 0.191. The Morgan fingerprint density at radius 3 is 2.54 bits per heavy atom. The molecule has 0 radical (unpaired) electrons. The first-order chi connectivity index (χ1) is 12.4. The van der Waals surface area contributed by atoms with E-state index < -0.39 is 0 Å². The SMILES string of the molecule is CC1([C@H]2CC[C@H]3[C@@H]4C=CC5=CC(=O)CC[C@]5(C)[C@H]4CC[C@]23C)OCCO1. The molecule has 1 saturated heterocycles. The predicted octanol–water partition coefficient (Wildman–Crippen LogP) is 4.67. The molecule has 3 nitrogen and oxygen atoms in total. The monoisotopic (exact) mass is 356 g/mol. The molecule has 0 bridgehead atoms. The van der Waals surface area contributed by atoms with Gasteiger partial charge in [0, 0.05) is 12.3 Å². The Morgan fingerprint density at radius 1 is 1.00 bits per heavy atom. The van der Waals surface area contributed by atoms with Crippen molar-refractivity contribution >= 4 is 5.78 Å². The Bertz CT molecular complexity index is 686. The van der Waals surface area contributed by atoms with E-state index in [0.717, 1.165) is 26.1 Å². The number of hydrogen-bond donors (Lipinski definition) is 0. The summed E-state index contributed by atoms with van der Waals surface area (Å²) in [4.78, 5) is 11.9. The van der Waals surface area contributed by atoms with Crippen LogP contribution in [-0.4, -0.2) is 24.8 Å². The van der Waals surface area contributed by atoms with E-state index in [1.165, 1.54) is 31.3 Å². The number of fused-ring (bicyclic) bond motifs is 5. The van der Waals surface area contributed by atoms with Crippen LogP contribution in [0.25, 0.3) is 0 Å². The summed E-state index contributed by atoms with van der Waals surface area (Å²) >= 11 is 0. The fourth-order valence-electron chi connectivity index (χ4n) is 7.59. The lowest BCUT2D eigenvalue weighted by atomic mass is 9.48. The molecule has 1 aliphatic heterocycles. The molecule has 4 aliphatic carbocycles. The number of ketones is 1. The molecular formula is C23H32O3. The van der Waals surface area contributed by atoms with Crippen LogP contribution >= 0.6 is 0 Å². The summed E-state index contributed by atoms with van der Waals surface area (Å²) in [7, 11) is 0. The molecule has 0 spiro atoms. The number of rotatable bonds is 1. The van der Waals surface area contributed by atoms with Gasteiger partial charge in [-0.2, -0.15) is 0 Å². The largest absolute Gasteiger partial charge is 0.348 e. The minimum Gasteiger partial charge on any atom is -0.348 e. The Labute approximate surface area is 157 Å². The molecular weight excluding hydrogens is 324 g/mol. The first-order valence-corrected chi connectivity index (χ1v) is 10.6. The second kappa shape index (κ2) is 5.54. The van der Waals surface area contributed by atoms with Crippen molar-refractivity contribution in [1.29, 1.82) is 0 Å². The van der Waals surface area contributed by atoms with Crippen LogP contribution < -0.4 is 0 Å². The van der Waals surface area contributed by atoms with Crippen molar-refractivity contribution in [3.63, 3.8) is 0 Å². The third-order valence-electron chi connectivity index (χ3n) is 9.01. The zero-order valence-electron chi connectivity index (χ0n) is 16.4. The van der Waals surface area contributed by atoms with Crippen molar-refractivity contribution in [2.75, 3.05) is 13.2 Å². The summed E-state index contributed by atoms with van der Waals surface area (Å²) in [6, 6.07) is 0. The molecule has 2 saturated carbocycles. The summed E-state index contributed by atoms with van der Waals surface area (Å²) < 4.78 is 12.2. The van der Waals surface area contributed by atoms with E-state index in [1.807, 2.05) is 6.08 Å². The molecule has 1 heterocycles. The van der Waals surface area contributed by atoms with Crippen LogP contribution in [0.1, 0.15) is 59.3 Å². The highest BCUT2D eigenvalue weighted by molar-refractivity contribution is 5.92. The maximum Gasteiger partial charge on any atom is 0.169 e. The topological polar surface area (TPSA) is 35.5 Å². The summed E-state index contributed by atoms with van der Waals surface area (Å²) in [5.74, 6) is 2.45. The fraction of sp³-hybridized carbons (Fsp3) is 0.783. The van der Waals surface area contributed by atoms with Crippen LogP contribution in [0, 0.1) is 34.5 Å². The number of carbonyl (C=O) groups is 1. The lowest BCUT2D eigenvalue weighted by Crippen LogP contribution is -2.52. The minimum atomic E-state index is -0.388. The molecule has 3 fully saturated rings. The van der Waals surface area contributed by atoms with Gasteiger partial charge in [-0.15, -0.1) is 0 Å². The van der Waals surface area contributed by atoms with Gasteiger partial charge >= 0.3 is 0 Å². The fourth-order valence-corrected chi connectivity index (χ4v) is 7.59. The molecule has 6 atom stereocenters. The van der Waals surface area contributed by atoms with Gasteiger partial charge in [-0.25, -0.2) is 0 Å². The first kappa shape index (κ1) is 17.2. The van der Waals surface area contributed by atoms with Gasteiger partial charge in [-0.3, -0.25) is 4.79 Å². The van der Waals surface area contributed by atoms with Crippen LogP contribution in [0.4, 0.5) is 0 Å². The molecule has 0 amide bonds. The second-order valence-electron chi connectivity index (χ2n) is 10.0. The van der Waals surface area contributed by atoms with Gasteiger partial charge in [0.1, 0.15) is 0 Å². The molecule has 3 heteroatoms. The maximum atomic E-state index is 11.9. The van der Waals surface area contributed by atoms with Gasteiger partial charge in [0.2, 0.25) is 0 Å². The van der Waals surface area contributed by atoms with Gasteiger partial charge in [-0.05, 0) is 79.3 Å².